The van der Waals surface area contributed by atoms with Crippen LogP contribution in [0, 0.1) is 0 Å². The molecule has 0 fully saturated rings. The van der Waals surface area contributed by atoms with E-state index in [0.717, 1.165) is 31.2 Å². The number of hydrogen-bond donors (Lipinski definition) is 0. The standard InChI is InChI=1S/C28H42N2O6/c1-5-6-7-8-12-27(31)29(16-10-18-33-2)22-28(32)30(21-24-11-9-19-36-24)17-15-23-13-14-25(34-3)26(20-23)35-4/h9,11,13-14,19-20H,5-8,10,12,15-18,21-22H2,1-4H3. The molecule has 0 saturated carbocycles. The summed E-state index contributed by atoms with van der Waals surface area (Å²) >= 11 is 0. The second-order valence-electron chi connectivity index (χ2n) is 8.81. The summed E-state index contributed by atoms with van der Waals surface area (Å²) < 4.78 is 21.4. The first-order chi connectivity index (χ1) is 17.5. The fourth-order valence-electron chi connectivity index (χ4n) is 4.00. The summed E-state index contributed by atoms with van der Waals surface area (Å²) in [6.45, 7) is 4.05. The zero-order valence-corrected chi connectivity index (χ0v) is 22.3. The van der Waals surface area contributed by atoms with Gasteiger partial charge in [-0.2, -0.15) is 0 Å². The van der Waals surface area contributed by atoms with Gasteiger partial charge in [-0.15, -0.1) is 0 Å². The second-order valence-corrected chi connectivity index (χ2v) is 8.81. The van der Waals surface area contributed by atoms with Crippen molar-refractivity contribution in [1.29, 1.82) is 0 Å². The van der Waals surface area contributed by atoms with Crippen molar-refractivity contribution >= 4 is 11.8 Å². The first-order valence-corrected chi connectivity index (χ1v) is 12.8. The molecule has 36 heavy (non-hydrogen) atoms. The van der Waals surface area contributed by atoms with Crippen molar-refractivity contribution in [2.45, 2.75) is 58.4 Å². The van der Waals surface area contributed by atoms with E-state index in [0.29, 0.717) is 62.8 Å². The van der Waals surface area contributed by atoms with Gasteiger partial charge in [-0.3, -0.25) is 9.59 Å². The van der Waals surface area contributed by atoms with Gasteiger partial charge in [0.2, 0.25) is 11.8 Å². The lowest BCUT2D eigenvalue weighted by molar-refractivity contribution is -0.141. The van der Waals surface area contributed by atoms with Gasteiger partial charge in [0, 0.05) is 33.2 Å². The molecule has 1 heterocycles. The van der Waals surface area contributed by atoms with Gasteiger partial charge in [-0.1, -0.05) is 32.3 Å². The quantitative estimate of drug-likeness (QED) is 0.275. The molecule has 200 valence electrons. The largest absolute Gasteiger partial charge is 0.493 e. The minimum atomic E-state index is -0.105. The lowest BCUT2D eigenvalue weighted by Gasteiger charge is -2.27. The Hall–Kier alpha value is -3.00. The number of ether oxygens (including phenoxy) is 3. The summed E-state index contributed by atoms with van der Waals surface area (Å²) in [4.78, 5) is 29.8. The van der Waals surface area contributed by atoms with E-state index in [-0.39, 0.29) is 18.4 Å². The Labute approximate surface area is 215 Å². The number of carbonyl (C=O) groups is 2. The topological polar surface area (TPSA) is 81.5 Å². The van der Waals surface area contributed by atoms with E-state index in [2.05, 4.69) is 6.92 Å². The second kappa shape index (κ2) is 16.6. The van der Waals surface area contributed by atoms with Crippen LogP contribution in [0.3, 0.4) is 0 Å². The summed E-state index contributed by atoms with van der Waals surface area (Å²) in [7, 11) is 4.85. The molecule has 2 rings (SSSR count). The Kier molecular flexibility index (Phi) is 13.5. The Morgan fingerprint density at radius 1 is 0.889 bits per heavy atom. The molecule has 2 aromatic rings. The fraction of sp³-hybridized carbons (Fsp3) is 0.571. The van der Waals surface area contributed by atoms with Crippen LogP contribution in [0.4, 0.5) is 0 Å². The van der Waals surface area contributed by atoms with E-state index < -0.39 is 0 Å². The predicted molar refractivity (Wildman–Crippen MR) is 139 cm³/mol. The van der Waals surface area contributed by atoms with Crippen molar-refractivity contribution in [2.75, 3.05) is 47.6 Å². The molecular weight excluding hydrogens is 460 g/mol. The van der Waals surface area contributed by atoms with Gasteiger partial charge in [0.1, 0.15) is 5.76 Å². The van der Waals surface area contributed by atoms with Gasteiger partial charge < -0.3 is 28.4 Å². The van der Waals surface area contributed by atoms with Crippen molar-refractivity contribution < 1.29 is 28.2 Å². The van der Waals surface area contributed by atoms with Crippen LogP contribution in [0.2, 0.25) is 0 Å². The molecule has 8 nitrogen and oxygen atoms in total. The molecule has 0 bridgehead atoms. The van der Waals surface area contributed by atoms with Gasteiger partial charge in [0.25, 0.3) is 0 Å². The van der Waals surface area contributed by atoms with E-state index in [1.807, 2.05) is 30.3 Å². The smallest absolute Gasteiger partial charge is 0.242 e. The number of furan rings is 1. The zero-order chi connectivity index (χ0) is 26.2. The number of unbranched alkanes of at least 4 members (excludes halogenated alkanes) is 3. The van der Waals surface area contributed by atoms with Gasteiger partial charge in [-0.25, -0.2) is 0 Å². The van der Waals surface area contributed by atoms with Crippen LogP contribution in [-0.2, 0) is 27.3 Å². The SMILES string of the molecule is CCCCCCC(=O)N(CCCOC)CC(=O)N(CCc1ccc(OC)c(OC)c1)Cc1ccco1. The molecule has 1 aromatic carbocycles. The van der Waals surface area contributed by atoms with Crippen molar-refractivity contribution in [3.05, 3.63) is 47.9 Å². The molecule has 2 amide bonds. The molecule has 0 unspecified atom stereocenters. The maximum Gasteiger partial charge on any atom is 0.242 e. The van der Waals surface area contributed by atoms with Crippen LogP contribution in [0.25, 0.3) is 0 Å². The lowest BCUT2D eigenvalue weighted by atomic mass is 10.1. The Morgan fingerprint density at radius 2 is 1.69 bits per heavy atom. The minimum Gasteiger partial charge on any atom is -0.493 e. The fourth-order valence-corrected chi connectivity index (χ4v) is 4.00. The summed E-state index contributed by atoms with van der Waals surface area (Å²) in [5.74, 6) is 1.93. The highest BCUT2D eigenvalue weighted by molar-refractivity contribution is 5.84. The maximum atomic E-state index is 13.5. The monoisotopic (exact) mass is 502 g/mol. The van der Waals surface area contributed by atoms with Crippen molar-refractivity contribution in [2.24, 2.45) is 0 Å². The van der Waals surface area contributed by atoms with Crippen LogP contribution < -0.4 is 9.47 Å². The molecule has 0 aliphatic carbocycles. The van der Waals surface area contributed by atoms with Gasteiger partial charge in [0.05, 0.1) is 33.6 Å². The first-order valence-electron chi connectivity index (χ1n) is 12.8. The molecule has 0 saturated heterocycles. The molecule has 0 radical (unpaired) electrons. The number of amides is 2. The highest BCUT2D eigenvalue weighted by atomic mass is 16.5. The van der Waals surface area contributed by atoms with Gasteiger partial charge >= 0.3 is 0 Å². The molecule has 0 aliphatic heterocycles. The number of benzene rings is 1. The van der Waals surface area contributed by atoms with Crippen LogP contribution in [0.5, 0.6) is 11.5 Å². The summed E-state index contributed by atoms with van der Waals surface area (Å²) in [5.41, 5.74) is 1.02. The number of carbonyl (C=O) groups excluding carboxylic acids is 2. The van der Waals surface area contributed by atoms with E-state index in [1.165, 1.54) is 0 Å². The van der Waals surface area contributed by atoms with Crippen molar-refractivity contribution in [3.8, 4) is 11.5 Å². The molecule has 0 spiro atoms. The maximum absolute atomic E-state index is 13.5. The summed E-state index contributed by atoms with van der Waals surface area (Å²) in [6, 6.07) is 9.41. The molecule has 0 N–H and O–H groups in total. The van der Waals surface area contributed by atoms with Crippen LogP contribution in [-0.4, -0.2) is 69.2 Å². The third-order valence-electron chi connectivity index (χ3n) is 6.10. The summed E-state index contributed by atoms with van der Waals surface area (Å²) in [6.07, 6.45) is 7.48. The van der Waals surface area contributed by atoms with Crippen LogP contribution in [0.15, 0.2) is 41.0 Å². The Morgan fingerprint density at radius 3 is 2.36 bits per heavy atom. The van der Waals surface area contributed by atoms with Gasteiger partial charge in [0.15, 0.2) is 11.5 Å². The average molecular weight is 503 g/mol. The van der Waals surface area contributed by atoms with Crippen molar-refractivity contribution in [3.63, 3.8) is 0 Å². The van der Waals surface area contributed by atoms with E-state index in [4.69, 9.17) is 18.6 Å². The predicted octanol–water partition coefficient (Wildman–Crippen LogP) is 4.70. The highest BCUT2D eigenvalue weighted by Crippen LogP contribution is 2.27. The molecule has 0 aliphatic rings. The van der Waals surface area contributed by atoms with Gasteiger partial charge in [-0.05, 0) is 49.1 Å². The molecule has 0 atom stereocenters. The Bertz CT molecular complexity index is 899. The minimum absolute atomic E-state index is 0.0217. The number of methoxy groups -OCH3 is 3. The lowest BCUT2D eigenvalue weighted by Crippen LogP contribution is -2.43. The number of rotatable bonds is 18. The van der Waals surface area contributed by atoms with Crippen LogP contribution >= 0.6 is 0 Å². The van der Waals surface area contributed by atoms with Crippen LogP contribution in [0.1, 0.15) is 56.8 Å². The molecule has 1 aromatic heterocycles. The normalized spacial score (nSPS) is 10.8. The average Bonchev–Trinajstić information content (AvgIpc) is 3.41. The van der Waals surface area contributed by atoms with E-state index >= 15 is 0 Å². The first kappa shape index (κ1) is 29.2. The Balaban J connectivity index is 2.10. The van der Waals surface area contributed by atoms with E-state index in [1.54, 1.807) is 37.4 Å². The summed E-state index contributed by atoms with van der Waals surface area (Å²) in [5, 5.41) is 0. The number of nitrogens with zero attached hydrogens (tertiary/aromatic N) is 2. The number of hydrogen-bond acceptors (Lipinski definition) is 6. The van der Waals surface area contributed by atoms with E-state index in [9.17, 15) is 9.59 Å². The third-order valence-corrected chi connectivity index (χ3v) is 6.10. The molecular formula is C28H42N2O6. The molecule has 8 heteroatoms. The third kappa shape index (κ3) is 9.93. The zero-order valence-electron chi connectivity index (χ0n) is 22.3. The highest BCUT2D eigenvalue weighted by Gasteiger charge is 2.22. The van der Waals surface area contributed by atoms with Crippen molar-refractivity contribution in [1.82, 2.24) is 9.80 Å².